The third kappa shape index (κ3) is 4.71. The fraction of sp³-hybridized carbons (Fsp3) is 0.348. The van der Waals surface area contributed by atoms with Crippen molar-refractivity contribution in [3.63, 3.8) is 0 Å². The molecule has 8 heteroatoms. The van der Waals surface area contributed by atoms with Crippen LogP contribution in [0.25, 0.3) is 0 Å². The van der Waals surface area contributed by atoms with Crippen molar-refractivity contribution in [2.24, 2.45) is 11.8 Å². The number of piperazine rings is 1. The molecule has 1 saturated heterocycles. The molecular weight excluding hydrogens is 421 g/mol. The monoisotopic (exact) mass is 443 g/mol. The maximum atomic E-state index is 14.0. The summed E-state index contributed by atoms with van der Waals surface area (Å²) in [6.45, 7) is 3.37. The van der Waals surface area contributed by atoms with Gasteiger partial charge < -0.3 is 15.1 Å². The van der Waals surface area contributed by atoms with Gasteiger partial charge in [-0.05, 0) is 54.8 Å². The molecule has 1 aliphatic heterocycles. The molecule has 0 aromatic heterocycles. The van der Waals surface area contributed by atoms with Crippen molar-refractivity contribution in [3.05, 3.63) is 64.4 Å². The molecule has 2 aliphatic rings. The average Bonchev–Trinajstić information content (AvgIpc) is 3.52. The summed E-state index contributed by atoms with van der Waals surface area (Å²) in [7, 11) is 0. The van der Waals surface area contributed by atoms with Crippen LogP contribution >= 0.6 is 11.6 Å². The van der Waals surface area contributed by atoms with Crippen molar-refractivity contribution < 1.29 is 18.8 Å². The van der Waals surface area contributed by atoms with Crippen LogP contribution < -0.4 is 5.32 Å². The third-order valence-corrected chi connectivity index (χ3v) is 6.09. The molecular formula is C23H23ClFN3O3. The maximum Gasteiger partial charge on any atom is 0.257 e. The molecule has 2 atom stereocenters. The molecule has 1 heterocycles. The van der Waals surface area contributed by atoms with E-state index in [0.717, 1.165) is 6.42 Å². The van der Waals surface area contributed by atoms with Crippen molar-refractivity contribution in [2.75, 3.05) is 31.5 Å². The SMILES string of the molecule is CC1CC1C(=O)Nc1ccc(C(=O)N2CCN(C(=O)c3cc(Cl)ccc3F)CC2)cc1. The zero-order chi connectivity index (χ0) is 22.1. The van der Waals surface area contributed by atoms with Crippen LogP contribution in [0.2, 0.25) is 5.02 Å². The highest BCUT2D eigenvalue weighted by Crippen LogP contribution is 2.38. The van der Waals surface area contributed by atoms with E-state index in [9.17, 15) is 18.8 Å². The van der Waals surface area contributed by atoms with Crippen LogP contribution in [0.15, 0.2) is 42.5 Å². The molecule has 1 aliphatic carbocycles. The normalized spacial score (nSPS) is 20.4. The highest BCUT2D eigenvalue weighted by molar-refractivity contribution is 6.31. The van der Waals surface area contributed by atoms with E-state index in [1.54, 1.807) is 29.2 Å². The molecule has 2 aromatic carbocycles. The van der Waals surface area contributed by atoms with E-state index in [0.29, 0.717) is 48.4 Å². The Hall–Kier alpha value is -2.93. The minimum absolute atomic E-state index is 0.0171. The number of rotatable bonds is 4. The molecule has 6 nitrogen and oxygen atoms in total. The Morgan fingerprint density at radius 3 is 2.13 bits per heavy atom. The summed E-state index contributed by atoms with van der Waals surface area (Å²) in [4.78, 5) is 40.6. The molecule has 3 amide bonds. The van der Waals surface area contributed by atoms with Crippen LogP contribution in [0.5, 0.6) is 0 Å². The van der Waals surface area contributed by atoms with E-state index >= 15 is 0 Å². The van der Waals surface area contributed by atoms with E-state index in [1.807, 2.05) is 6.92 Å². The number of amides is 3. The third-order valence-electron chi connectivity index (χ3n) is 5.86. The van der Waals surface area contributed by atoms with Crippen molar-refractivity contribution in [1.82, 2.24) is 9.80 Å². The Morgan fingerprint density at radius 2 is 1.55 bits per heavy atom. The quantitative estimate of drug-likeness (QED) is 0.783. The van der Waals surface area contributed by atoms with Crippen LogP contribution in [0.1, 0.15) is 34.1 Å². The lowest BCUT2D eigenvalue weighted by atomic mass is 10.1. The van der Waals surface area contributed by atoms with E-state index in [1.165, 1.54) is 23.1 Å². The number of nitrogens with zero attached hydrogens (tertiary/aromatic N) is 2. The molecule has 2 unspecified atom stereocenters. The summed E-state index contributed by atoms with van der Waals surface area (Å²) >= 11 is 5.88. The molecule has 31 heavy (non-hydrogen) atoms. The van der Waals surface area contributed by atoms with Gasteiger partial charge in [-0.15, -0.1) is 0 Å². The van der Waals surface area contributed by atoms with Gasteiger partial charge >= 0.3 is 0 Å². The Labute approximate surface area is 185 Å². The summed E-state index contributed by atoms with van der Waals surface area (Å²) in [5, 5.41) is 3.17. The molecule has 2 fully saturated rings. The summed E-state index contributed by atoms with van der Waals surface area (Å²) in [6, 6.07) is 10.7. The number of anilines is 1. The predicted molar refractivity (Wildman–Crippen MR) is 116 cm³/mol. The second-order valence-corrected chi connectivity index (χ2v) is 8.53. The lowest BCUT2D eigenvalue weighted by Crippen LogP contribution is -2.50. The molecule has 1 N–H and O–H groups in total. The van der Waals surface area contributed by atoms with Gasteiger partial charge in [0.05, 0.1) is 5.56 Å². The predicted octanol–water partition coefficient (Wildman–Crippen LogP) is 3.67. The number of benzene rings is 2. The molecule has 0 bridgehead atoms. The number of nitrogens with one attached hydrogen (secondary N) is 1. The number of halogens is 2. The van der Waals surface area contributed by atoms with Gasteiger partial charge in [0, 0.05) is 48.4 Å². The number of hydrogen-bond acceptors (Lipinski definition) is 3. The topological polar surface area (TPSA) is 69.7 Å². The molecule has 0 radical (unpaired) electrons. The van der Waals surface area contributed by atoms with Crippen LogP contribution in [0.3, 0.4) is 0 Å². The zero-order valence-corrected chi connectivity index (χ0v) is 17.9. The van der Waals surface area contributed by atoms with Gasteiger partial charge in [0.2, 0.25) is 5.91 Å². The molecule has 162 valence electrons. The van der Waals surface area contributed by atoms with Crippen LogP contribution in [-0.2, 0) is 4.79 Å². The summed E-state index contributed by atoms with van der Waals surface area (Å²) in [5.41, 5.74) is 1.11. The highest BCUT2D eigenvalue weighted by atomic mass is 35.5. The Morgan fingerprint density at radius 1 is 0.968 bits per heavy atom. The van der Waals surface area contributed by atoms with Crippen molar-refractivity contribution in [3.8, 4) is 0 Å². The van der Waals surface area contributed by atoms with E-state index in [2.05, 4.69) is 5.32 Å². The van der Waals surface area contributed by atoms with Gasteiger partial charge in [-0.2, -0.15) is 0 Å². The minimum Gasteiger partial charge on any atom is -0.335 e. The Bertz CT molecular complexity index is 1020. The molecule has 0 spiro atoms. The number of carbonyl (C=O) groups excluding carboxylic acids is 3. The first-order valence-corrected chi connectivity index (χ1v) is 10.7. The van der Waals surface area contributed by atoms with Crippen LogP contribution in [-0.4, -0.2) is 53.7 Å². The smallest absolute Gasteiger partial charge is 0.257 e. The van der Waals surface area contributed by atoms with Crippen molar-refractivity contribution in [1.29, 1.82) is 0 Å². The average molecular weight is 444 g/mol. The van der Waals surface area contributed by atoms with E-state index in [-0.39, 0.29) is 23.3 Å². The van der Waals surface area contributed by atoms with Crippen LogP contribution in [0.4, 0.5) is 10.1 Å². The minimum atomic E-state index is -0.615. The second kappa shape index (κ2) is 8.67. The fourth-order valence-corrected chi connectivity index (χ4v) is 3.92. The standard InChI is InChI=1S/C23H23ClFN3O3/c1-14-12-18(14)21(29)26-17-5-2-15(3-6-17)22(30)27-8-10-28(11-9-27)23(31)19-13-16(24)4-7-20(19)25/h2-7,13-14,18H,8-12H2,1H3,(H,26,29). The first-order valence-electron chi connectivity index (χ1n) is 10.3. The lowest BCUT2D eigenvalue weighted by molar-refractivity contribution is -0.117. The van der Waals surface area contributed by atoms with Crippen molar-refractivity contribution in [2.45, 2.75) is 13.3 Å². The van der Waals surface area contributed by atoms with E-state index in [4.69, 9.17) is 11.6 Å². The van der Waals surface area contributed by atoms with Gasteiger partial charge in [-0.3, -0.25) is 14.4 Å². The molecule has 4 rings (SSSR count). The first kappa shape index (κ1) is 21.3. The van der Waals surface area contributed by atoms with Crippen molar-refractivity contribution >= 4 is 35.0 Å². The first-order chi connectivity index (χ1) is 14.8. The van der Waals surface area contributed by atoms with Crippen LogP contribution in [0, 0.1) is 17.7 Å². The van der Waals surface area contributed by atoms with Gasteiger partial charge in [-0.1, -0.05) is 18.5 Å². The number of carbonyl (C=O) groups is 3. The summed E-state index contributed by atoms with van der Waals surface area (Å²) in [6.07, 6.45) is 0.917. The highest BCUT2D eigenvalue weighted by Gasteiger charge is 2.39. The summed E-state index contributed by atoms with van der Waals surface area (Å²) in [5.74, 6) is -0.658. The molecule has 1 saturated carbocycles. The number of hydrogen-bond donors (Lipinski definition) is 1. The largest absolute Gasteiger partial charge is 0.335 e. The second-order valence-electron chi connectivity index (χ2n) is 8.09. The van der Waals surface area contributed by atoms with E-state index < -0.39 is 11.7 Å². The molecule has 2 aromatic rings. The van der Waals surface area contributed by atoms with Gasteiger partial charge in [0.25, 0.3) is 11.8 Å². The van der Waals surface area contributed by atoms with Gasteiger partial charge in [0.1, 0.15) is 5.82 Å². The Balaban J connectivity index is 1.33. The van der Waals surface area contributed by atoms with Gasteiger partial charge in [-0.25, -0.2) is 4.39 Å². The zero-order valence-electron chi connectivity index (χ0n) is 17.1. The van der Waals surface area contributed by atoms with Gasteiger partial charge in [0.15, 0.2) is 0 Å². The summed E-state index contributed by atoms with van der Waals surface area (Å²) < 4.78 is 14.0. The lowest BCUT2D eigenvalue weighted by Gasteiger charge is -2.35. The maximum absolute atomic E-state index is 14.0. The Kier molecular flexibility index (Phi) is 5.96. The fourth-order valence-electron chi connectivity index (χ4n) is 3.75.